The third kappa shape index (κ3) is 4.03. The Morgan fingerprint density at radius 2 is 2.03 bits per heavy atom. The van der Waals surface area contributed by atoms with Gasteiger partial charge in [-0.25, -0.2) is 14.8 Å². The number of hydrogen-bond donors (Lipinski definition) is 2. The molecule has 0 aliphatic carbocycles. The monoisotopic (exact) mass is 476 g/mol. The molecule has 3 aromatic rings. The predicted molar refractivity (Wildman–Crippen MR) is 128 cm³/mol. The van der Waals surface area contributed by atoms with Crippen LogP contribution in [0.15, 0.2) is 42.7 Å². The van der Waals surface area contributed by atoms with Gasteiger partial charge in [-0.15, -0.1) is 0 Å². The van der Waals surface area contributed by atoms with Gasteiger partial charge in [0.05, 0.1) is 24.9 Å². The van der Waals surface area contributed by atoms with E-state index < -0.39 is 6.09 Å². The van der Waals surface area contributed by atoms with Crippen molar-refractivity contribution < 1.29 is 23.8 Å². The fraction of sp³-hybridized carbons (Fsp3) is 0.333. The molecule has 1 unspecified atom stereocenters. The highest BCUT2D eigenvalue weighted by Gasteiger charge is 2.35. The zero-order valence-electron chi connectivity index (χ0n) is 19.1. The summed E-state index contributed by atoms with van der Waals surface area (Å²) in [5, 5.41) is 7.21. The fourth-order valence-corrected chi connectivity index (χ4v) is 4.56. The van der Waals surface area contributed by atoms with Crippen molar-refractivity contribution in [2.45, 2.75) is 12.1 Å². The van der Waals surface area contributed by atoms with Crippen LogP contribution < -0.4 is 29.9 Å². The smallest absolute Gasteiger partial charge is 0.414 e. The molecule has 35 heavy (non-hydrogen) atoms. The first-order valence-corrected chi connectivity index (χ1v) is 11.4. The number of anilines is 3. The number of nitrogens with one attached hydrogen (secondary N) is 2. The summed E-state index contributed by atoms with van der Waals surface area (Å²) in [4.78, 5) is 36.7. The van der Waals surface area contributed by atoms with E-state index in [1.54, 1.807) is 36.5 Å². The summed E-state index contributed by atoms with van der Waals surface area (Å²) >= 11 is 0. The predicted octanol–water partition coefficient (Wildman–Crippen LogP) is 1.77. The molecule has 0 radical (unpaired) electrons. The van der Waals surface area contributed by atoms with Crippen LogP contribution in [0.5, 0.6) is 11.5 Å². The number of methoxy groups -OCH3 is 1. The van der Waals surface area contributed by atoms with Gasteiger partial charge in [-0.1, -0.05) is 0 Å². The minimum absolute atomic E-state index is 0.00786. The molecular formula is C24H24N6O5. The van der Waals surface area contributed by atoms with Crippen LogP contribution in [0.1, 0.15) is 0 Å². The van der Waals surface area contributed by atoms with E-state index in [2.05, 4.69) is 25.5 Å². The number of hydrogen-bond acceptors (Lipinski definition) is 9. The van der Waals surface area contributed by atoms with Crippen molar-refractivity contribution in [3.8, 4) is 11.5 Å². The molecule has 1 atom stereocenters. The molecular weight excluding hydrogens is 452 g/mol. The van der Waals surface area contributed by atoms with Crippen molar-refractivity contribution in [3.63, 3.8) is 0 Å². The molecule has 180 valence electrons. The highest BCUT2D eigenvalue weighted by Crippen LogP contribution is 2.34. The molecule has 3 aliphatic rings. The van der Waals surface area contributed by atoms with E-state index in [-0.39, 0.29) is 24.7 Å². The quantitative estimate of drug-likeness (QED) is 0.549. The maximum Gasteiger partial charge on any atom is 0.414 e. The van der Waals surface area contributed by atoms with Gasteiger partial charge < -0.3 is 29.7 Å². The van der Waals surface area contributed by atoms with Crippen LogP contribution in [0.3, 0.4) is 0 Å². The number of carbonyl (C=O) groups excluding carboxylic acids is 2. The minimum Gasteiger partial charge on any atom is -0.497 e. The van der Waals surface area contributed by atoms with Crippen LogP contribution >= 0.6 is 0 Å². The number of nitrogens with zero attached hydrogens (tertiary/aromatic N) is 4. The summed E-state index contributed by atoms with van der Waals surface area (Å²) in [6, 6.07) is 11.3. The second-order valence-electron chi connectivity index (χ2n) is 8.72. The van der Waals surface area contributed by atoms with E-state index >= 15 is 0 Å². The molecule has 0 spiro atoms. The first kappa shape index (κ1) is 21.4. The van der Waals surface area contributed by atoms with E-state index in [0.29, 0.717) is 30.2 Å². The molecule has 11 heteroatoms. The average molecular weight is 476 g/mol. The van der Waals surface area contributed by atoms with E-state index in [4.69, 9.17) is 14.2 Å². The molecule has 4 heterocycles. The first-order valence-electron chi connectivity index (χ1n) is 11.4. The molecule has 0 bridgehead atoms. The molecule has 2 N–H and O–H groups in total. The van der Waals surface area contributed by atoms with Crippen LogP contribution in [-0.4, -0.2) is 74.0 Å². The van der Waals surface area contributed by atoms with E-state index in [0.717, 1.165) is 35.6 Å². The molecule has 2 fully saturated rings. The maximum absolute atomic E-state index is 12.5. The molecule has 6 rings (SSSR count). The molecule has 1 aromatic heterocycles. The van der Waals surface area contributed by atoms with Crippen molar-refractivity contribution >= 4 is 40.1 Å². The van der Waals surface area contributed by atoms with Gasteiger partial charge in [0, 0.05) is 36.7 Å². The first-order chi connectivity index (χ1) is 17.1. The van der Waals surface area contributed by atoms with Crippen LogP contribution in [0.25, 0.3) is 10.9 Å². The van der Waals surface area contributed by atoms with Gasteiger partial charge in [0.25, 0.3) is 5.91 Å². The summed E-state index contributed by atoms with van der Waals surface area (Å²) in [7, 11) is 1.64. The molecule has 2 amide bonds. The number of benzene rings is 2. The lowest BCUT2D eigenvalue weighted by Gasteiger charge is -2.41. The number of rotatable bonds is 6. The number of fused-ring (bicyclic) bond motifs is 2. The zero-order chi connectivity index (χ0) is 23.9. The molecule has 3 aliphatic heterocycles. The number of cyclic esters (lactones) is 1. The second-order valence-corrected chi connectivity index (χ2v) is 8.72. The van der Waals surface area contributed by atoms with Gasteiger partial charge in [-0.2, -0.15) is 0 Å². The van der Waals surface area contributed by atoms with Gasteiger partial charge in [0.2, 0.25) is 0 Å². The molecule has 0 saturated carbocycles. The Balaban J connectivity index is 1.05. The summed E-state index contributed by atoms with van der Waals surface area (Å²) in [6.07, 6.45) is 0.898. The van der Waals surface area contributed by atoms with Crippen molar-refractivity contribution in [1.29, 1.82) is 0 Å². The van der Waals surface area contributed by atoms with Gasteiger partial charge in [0.15, 0.2) is 6.61 Å². The third-order valence-electron chi connectivity index (χ3n) is 6.42. The minimum atomic E-state index is -0.406. The van der Waals surface area contributed by atoms with Gasteiger partial charge in [0.1, 0.15) is 29.7 Å². The third-order valence-corrected chi connectivity index (χ3v) is 6.42. The molecule has 11 nitrogen and oxygen atoms in total. The van der Waals surface area contributed by atoms with E-state index in [1.807, 2.05) is 18.2 Å². The van der Waals surface area contributed by atoms with Crippen molar-refractivity contribution in [1.82, 2.24) is 15.3 Å². The summed E-state index contributed by atoms with van der Waals surface area (Å²) < 4.78 is 16.3. The van der Waals surface area contributed by atoms with Crippen LogP contribution in [0.2, 0.25) is 0 Å². The lowest BCUT2D eigenvalue weighted by atomic mass is 10.1. The number of aromatic nitrogens is 2. The standard InChI is InChI=1S/C24H24N6O5/c1-33-16-3-4-19-18(7-16)23(27-13-26-19)29-9-14(10-29)25-8-17-11-30(24(32)35-17)15-2-5-21-20(6-15)28-22(31)12-34-21/h2-7,13-14,17,25H,8-12H2,1H3,(H,28,31). The normalized spacial score (nSPS) is 19.6. The number of amides is 2. The maximum atomic E-state index is 12.5. The Kier molecular flexibility index (Phi) is 5.25. The Morgan fingerprint density at radius 3 is 2.89 bits per heavy atom. The van der Waals surface area contributed by atoms with Crippen LogP contribution in [0, 0.1) is 0 Å². The van der Waals surface area contributed by atoms with Crippen molar-refractivity contribution in [2.75, 3.05) is 55.0 Å². The van der Waals surface area contributed by atoms with Gasteiger partial charge in [-0.3, -0.25) is 9.69 Å². The summed E-state index contributed by atoms with van der Waals surface area (Å²) in [6.45, 7) is 2.54. The van der Waals surface area contributed by atoms with Crippen molar-refractivity contribution in [3.05, 3.63) is 42.7 Å². The van der Waals surface area contributed by atoms with E-state index in [1.165, 1.54) is 0 Å². The highest BCUT2D eigenvalue weighted by atomic mass is 16.6. The second kappa shape index (κ2) is 8.58. The Morgan fingerprint density at radius 1 is 1.14 bits per heavy atom. The Labute approximate surface area is 201 Å². The highest BCUT2D eigenvalue weighted by molar-refractivity contribution is 5.97. The van der Waals surface area contributed by atoms with Crippen LogP contribution in [0.4, 0.5) is 22.0 Å². The fourth-order valence-electron chi connectivity index (χ4n) is 4.56. The van der Waals surface area contributed by atoms with Gasteiger partial charge in [-0.05, 0) is 36.4 Å². The van der Waals surface area contributed by atoms with E-state index in [9.17, 15) is 9.59 Å². The molecule has 2 saturated heterocycles. The molecule has 2 aromatic carbocycles. The topological polar surface area (TPSA) is 118 Å². The zero-order valence-corrected chi connectivity index (χ0v) is 19.1. The van der Waals surface area contributed by atoms with Crippen LogP contribution in [-0.2, 0) is 9.53 Å². The summed E-state index contributed by atoms with van der Waals surface area (Å²) in [5.41, 5.74) is 2.08. The number of ether oxygens (including phenoxy) is 3. The lowest BCUT2D eigenvalue weighted by molar-refractivity contribution is -0.118. The number of carbonyl (C=O) groups is 2. The van der Waals surface area contributed by atoms with Gasteiger partial charge >= 0.3 is 6.09 Å². The SMILES string of the molecule is COc1ccc2ncnc(N3CC(NCC4CN(c5ccc6c(c5)NC(=O)CO6)C(=O)O4)C3)c2c1. The van der Waals surface area contributed by atoms with Crippen molar-refractivity contribution in [2.24, 2.45) is 0 Å². The summed E-state index contributed by atoms with van der Waals surface area (Å²) in [5.74, 6) is 2.02. The Bertz CT molecular complexity index is 1310. The Hall–Kier alpha value is -4.12. The average Bonchev–Trinajstić information content (AvgIpc) is 3.22. The largest absolute Gasteiger partial charge is 0.497 e. The lowest BCUT2D eigenvalue weighted by Crippen LogP contribution is -2.59.